The minimum atomic E-state index is -0.136. The molecule has 3 aromatic rings. The predicted molar refractivity (Wildman–Crippen MR) is 135 cm³/mol. The quantitative estimate of drug-likeness (QED) is 0.465. The first-order valence-electron chi connectivity index (χ1n) is 11.6. The van der Waals surface area contributed by atoms with E-state index in [1.165, 1.54) is 5.56 Å². The molecule has 0 aromatic heterocycles. The van der Waals surface area contributed by atoms with Gasteiger partial charge in [0.15, 0.2) is 0 Å². The van der Waals surface area contributed by atoms with Crippen LogP contribution in [0.25, 0.3) is 0 Å². The summed E-state index contributed by atoms with van der Waals surface area (Å²) < 4.78 is 0. The average Bonchev–Trinajstić information content (AvgIpc) is 2.79. The number of anilines is 2. The van der Waals surface area contributed by atoms with E-state index in [-0.39, 0.29) is 29.3 Å². The van der Waals surface area contributed by atoms with Crippen LogP contribution in [0.5, 0.6) is 0 Å². The van der Waals surface area contributed by atoms with Gasteiger partial charge in [-0.3, -0.25) is 9.59 Å². The lowest BCUT2D eigenvalue weighted by molar-refractivity contribution is -0.117. The van der Waals surface area contributed by atoms with Gasteiger partial charge in [0.25, 0.3) is 5.91 Å². The van der Waals surface area contributed by atoms with Gasteiger partial charge in [-0.05, 0) is 60.2 Å². The molecule has 1 heterocycles. The molecule has 0 bridgehead atoms. The first kappa shape index (κ1) is 22.8. The molecule has 170 valence electrons. The fourth-order valence-electron chi connectivity index (χ4n) is 4.76. The van der Waals surface area contributed by atoms with Crippen LogP contribution in [-0.2, 0) is 10.2 Å². The van der Waals surface area contributed by atoms with Crippen molar-refractivity contribution in [1.29, 1.82) is 0 Å². The monoisotopic (exact) mass is 440 g/mol. The lowest BCUT2D eigenvalue weighted by Gasteiger charge is -2.43. The van der Waals surface area contributed by atoms with Crippen LogP contribution in [0, 0.1) is 0 Å². The Hall–Kier alpha value is -3.40. The van der Waals surface area contributed by atoms with Crippen molar-refractivity contribution in [2.75, 3.05) is 9.80 Å². The molecule has 0 N–H and O–H groups in total. The molecule has 0 spiro atoms. The second-order valence-corrected chi connectivity index (χ2v) is 9.89. The van der Waals surface area contributed by atoms with Crippen LogP contribution in [-0.4, -0.2) is 17.9 Å². The molecule has 4 heteroatoms. The van der Waals surface area contributed by atoms with E-state index in [4.69, 9.17) is 0 Å². The number of nitrogens with zero attached hydrogens (tertiary/aromatic N) is 2. The van der Waals surface area contributed by atoms with Crippen molar-refractivity contribution in [3.63, 3.8) is 0 Å². The van der Waals surface area contributed by atoms with Crippen molar-refractivity contribution in [2.45, 2.75) is 58.5 Å². The molecule has 3 aromatic carbocycles. The van der Waals surface area contributed by atoms with Crippen LogP contribution < -0.4 is 9.80 Å². The van der Waals surface area contributed by atoms with Crippen LogP contribution >= 0.6 is 0 Å². The summed E-state index contributed by atoms with van der Waals surface area (Å²) >= 11 is 0. The smallest absolute Gasteiger partial charge is 0.258 e. The standard InChI is InChI=1S/C29H32N2O2/c1-20-19-27(31(21(2)32)24-11-7-6-8-12-24)25-13-9-10-14-26(25)30(20)28(33)22-15-17-23(18-16-22)29(3,4)5/h6-18,20,27H,19H2,1-5H3. The average molecular weight is 441 g/mol. The molecular weight excluding hydrogens is 408 g/mol. The van der Waals surface area contributed by atoms with Crippen molar-refractivity contribution >= 4 is 23.2 Å². The van der Waals surface area contributed by atoms with E-state index in [2.05, 4.69) is 27.7 Å². The Bertz CT molecular complexity index is 1150. The second-order valence-electron chi connectivity index (χ2n) is 9.89. The number of fused-ring (bicyclic) bond motifs is 1. The van der Waals surface area contributed by atoms with E-state index >= 15 is 0 Å². The predicted octanol–water partition coefficient (Wildman–Crippen LogP) is 6.52. The summed E-state index contributed by atoms with van der Waals surface area (Å²) in [4.78, 5) is 30.2. The van der Waals surface area contributed by atoms with E-state index in [0.717, 1.165) is 16.9 Å². The molecule has 0 saturated heterocycles. The molecule has 1 aliphatic rings. The molecule has 2 unspecified atom stereocenters. The van der Waals surface area contributed by atoms with E-state index in [9.17, 15) is 9.59 Å². The van der Waals surface area contributed by atoms with E-state index < -0.39 is 0 Å². The third kappa shape index (κ3) is 4.43. The van der Waals surface area contributed by atoms with Crippen LogP contribution in [0.15, 0.2) is 78.9 Å². The topological polar surface area (TPSA) is 40.6 Å². The SMILES string of the molecule is CC(=O)N(c1ccccc1)C1CC(C)N(C(=O)c2ccc(C(C)(C)C)cc2)c2ccccc21. The van der Waals surface area contributed by atoms with Crippen molar-refractivity contribution < 1.29 is 9.59 Å². The first-order valence-corrected chi connectivity index (χ1v) is 11.6. The van der Waals surface area contributed by atoms with Gasteiger partial charge in [-0.15, -0.1) is 0 Å². The molecule has 2 atom stereocenters. The number of rotatable bonds is 3. The molecular formula is C29H32N2O2. The molecule has 0 radical (unpaired) electrons. The van der Waals surface area contributed by atoms with Gasteiger partial charge in [0.2, 0.25) is 5.91 Å². The molecule has 4 rings (SSSR count). The minimum absolute atomic E-state index is 0.00857. The number of carbonyl (C=O) groups excluding carboxylic acids is 2. The minimum Gasteiger partial charge on any atom is -0.305 e. The number of para-hydroxylation sites is 2. The molecule has 0 saturated carbocycles. The Morgan fingerprint density at radius 1 is 0.879 bits per heavy atom. The van der Waals surface area contributed by atoms with Crippen molar-refractivity contribution in [1.82, 2.24) is 0 Å². The van der Waals surface area contributed by atoms with E-state index in [1.54, 1.807) is 6.92 Å². The zero-order valence-electron chi connectivity index (χ0n) is 20.1. The molecule has 0 aliphatic carbocycles. The summed E-state index contributed by atoms with van der Waals surface area (Å²) in [6.45, 7) is 10.2. The second kappa shape index (κ2) is 8.86. The highest BCUT2D eigenvalue weighted by Gasteiger charge is 2.38. The Labute approximate surface area is 196 Å². The Kier molecular flexibility index (Phi) is 6.11. The number of amides is 2. The van der Waals surface area contributed by atoms with Crippen LogP contribution in [0.4, 0.5) is 11.4 Å². The van der Waals surface area contributed by atoms with Crippen molar-refractivity contribution in [3.05, 3.63) is 95.6 Å². The van der Waals surface area contributed by atoms with E-state index in [1.807, 2.05) is 88.7 Å². The van der Waals surface area contributed by atoms with Crippen LogP contribution in [0.1, 0.15) is 68.6 Å². The lowest BCUT2D eigenvalue weighted by atomic mass is 9.86. The fraction of sp³-hybridized carbons (Fsp3) is 0.310. The van der Waals surface area contributed by atoms with Crippen molar-refractivity contribution in [2.24, 2.45) is 0 Å². The highest BCUT2D eigenvalue weighted by atomic mass is 16.2. The summed E-state index contributed by atoms with van der Waals surface area (Å²) in [6.07, 6.45) is 0.664. The van der Waals surface area contributed by atoms with Gasteiger partial charge >= 0.3 is 0 Å². The molecule has 2 amide bonds. The summed E-state index contributed by atoms with van der Waals surface area (Å²) in [5.74, 6) is -0.0197. The molecule has 4 nitrogen and oxygen atoms in total. The number of carbonyl (C=O) groups is 2. The highest BCUT2D eigenvalue weighted by molar-refractivity contribution is 6.07. The van der Waals surface area contributed by atoms with Gasteiger partial charge in [0.1, 0.15) is 0 Å². The van der Waals surface area contributed by atoms with Gasteiger partial charge in [-0.1, -0.05) is 69.3 Å². The maximum atomic E-state index is 13.7. The highest BCUT2D eigenvalue weighted by Crippen LogP contribution is 2.42. The summed E-state index contributed by atoms with van der Waals surface area (Å²) in [5.41, 5.74) is 4.64. The van der Waals surface area contributed by atoms with E-state index in [0.29, 0.717) is 12.0 Å². The maximum absolute atomic E-state index is 13.7. The zero-order chi connectivity index (χ0) is 23.8. The van der Waals surface area contributed by atoms with Gasteiger partial charge in [-0.2, -0.15) is 0 Å². The zero-order valence-corrected chi connectivity index (χ0v) is 20.1. The van der Waals surface area contributed by atoms with Crippen molar-refractivity contribution in [3.8, 4) is 0 Å². The fourth-order valence-corrected chi connectivity index (χ4v) is 4.76. The molecule has 33 heavy (non-hydrogen) atoms. The first-order chi connectivity index (χ1) is 15.7. The molecule has 0 fully saturated rings. The summed E-state index contributed by atoms with van der Waals surface area (Å²) in [7, 11) is 0. The Morgan fingerprint density at radius 2 is 1.48 bits per heavy atom. The number of hydrogen-bond acceptors (Lipinski definition) is 2. The lowest BCUT2D eigenvalue weighted by Crippen LogP contribution is -2.47. The van der Waals surface area contributed by atoms with Gasteiger partial charge in [0, 0.05) is 29.9 Å². The number of benzene rings is 3. The normalized spacial score (nSPS) is 17.9. The maximum Gasteiger partial charge on any atom is 0.258 e. The van der Waals surface area contributed by atoms with Gasteiger partial charge < -0.3 is 9.80 Å². The molecule has 1 aliphatic heterocycles. The van der Waals surface area contributed by atoms with Crippen LogP contribution in [0.3, 0.4) is 0 Å². The Balaban J connectivity index is 1.73. The van der Waals surface area contributed by atoms with Gasteiger partial charge in [-0.25, -0.2) is 0 Å². The third-order valence-corrected chi connectivity index (χ3v) is 6.46. The summed E-state index contributed by atoms with van der Waals surface area (Å²) in [5, 5.41) is 0. The number of hydrogen-bond donors (Lipinski definition) is 0. The Morgan fingerprint density at radius 3 is 2.09 bits per heavy atom. The summed E-state index contributed by atoms with van der Waals surface area (Å²) in [6, 6.07) is 25.5. The van der Waals surface area contributed by atoms with Gasteiger partial charge in [0.05, 0.1) is 6.04 Å². The largest absolute Gasteiger partial charge is 0.305 e. The third-order valence-electron chi connectivity index (χ3n) is 6.46. The van der Waals surface area contributed by atoms with Crippen LogP contribution in [0.2, 0.25) is 0 Å².